The normalized spacial score (nSPS) is 19.5. The predicted molar refractivity (Wildman–Crippen MR) is 67.0 cm³/mol. The predicted octanol–water partition coefficient (Wildman–Crippen LogP) is 0.907. The van der Waals surface area contributed by atoms with Gasteiger partial charge in [0.15, 0.2) is 0 Å². The van der Waals surface area contributed by atoms with Crippen molar-refractivity contribution in [3.63, 3.8) is 0 Å². The van der Waals surface area contributed by atoms with Gasteiger partial charge in [-0.2, -0.15) is 5.26 Å². The maximum absolute atomic E-state index is 11.9. The van der Waals surface area contributed by atoms with Crippen molar-refractivity contribution < 1.29 is 19.1 Å². The number of nitrogens with zero attached hydrogens (tertiary/aromatic N) is 1. The molecular weight excluding hydrogens is 248 g/mol. The molecule has 1 rings (SSSR count). The third-order valence-electron chi connectivity index (χ3n) is 3.06. The molecule has 0 bridgehead atoms. The van der Waals surface area contributed by atoms with Crippen molar-refractivity contribution in [2.75, 3.05) is 13.7 Å². The fraction of sp³-hybridized carbons (Fsp3) is 0.769. The first-order valence-corrected chi connectivity index (χ1v) is 6.55. The molecule has 2 atom stereocenters. The Balaban J connectivity index is 2.42. The topological polar surface area (TPSA) is 88.4 Å². The van der Waals surface area contributed by atoms with Gasteiger partial charge in [-0.1, -0.05) is 0 Å². The van der Waals surface area contributed by atoms with Crippen LogP contribution >= 0.6 is 0 Å². The number of amides is 1. The number of ether oxygens (including phenoxy) is 2. The molecular formula is C13H20N2O4. The fourth-order valence-corrected chi connectivity index (χ4v) is 1.99. The van der Waals surface area contributed by atoms with Crippen LogP contribution in [0.15, 0.2) is 0 Å². The van der Waals surface area contributed by atoms with E-state index in [1.165, 1.54) is 7.11 Å². The van der Waals surface area contributed by atoms with Crippen LogP contribution in [0.4, 0.5) is 0 Å². The van der Waals surface area contributed by atoms with Gasteiger partial charge in [0, 0.05) is 13.0 Å². The van der Waals surface area contributed by atoms with E-state index >= 15 is 0 Å². The number of methoxy groups -OCH3 is 1. The summed E-state index contributed by atoms with van der Waals surface area (Å²) in [6, 6.07) is 1.39. The highest BCUT2D eigenvalue weighted by Crippen LogP contribution is 2.13. The zero-order valence-corrected chi connectivity index (χ0v) is 11.2. The van der Waals surface area contributed by atoms with Gasteiger partial charge >= 0.3 is 5.97 Å². The highest BCUT2D eigenvalue weighted by molar-refractivity contribution is 5.87. The molecule has 0 aromatic heterocycles. The average Bonchev–Trinajstić information content (AvgIpc) is 2.95. The summed E-state index contributed by atoms with van der Waals surface area (Å²) in [6.45, 7) is 0.586. The summed E-state index contributed by atoms with van der Waals surface area (Å²) in [7, 11) is 1.29. The van der Waals surface area contributed by atoms with E-state index in [1.54, 1.807) is 0 Å². The van der Waals surface area contributed by atoms with E-state index in [4.69, 9.17) is 10.00 Å². The molecule has 19 heavy (non-hydrogen) atoms. The number of esters is 1. The van der Waals surface area contributed by atoms with E-state index in [0.717, 1.165) is 6.42 Å². The quantitative estimate of drug-likeness (QED) is 0.547. The monoisotopic (exact) mass is 268 g/mol. The third-order valence-corrected chi connectivity index (χ3v) is 3.06. The van der Waals surface area contributed by atoms with Crippen LogP contribution < -0.4 is 5.32 Å². The van der Waals surface area contributed by atoms with Crippen molar-refractivity contribution in [2.45, 2.75) is 50.7 Å². The molecule has 1 aliphatic rings. The van der Waals surface area contributed by atoms with E-state index in [9.17, 15) is 9.59 Å². The van der Waals surface area contributed by atoms with Crippen LogP contribution in [-0.4, -0.2) is 37.7 Å². The SMILES string of the molecule is COC(=O)[C@H](CCCCC#N)NC(=O)[C@@H]1CCCO1. The Bertz CT molecular complexity index is 345. The van der Waals surface area contributed by atoms with Crippen LogP contribution in [0.2, 0.25) is 0 Å². The number of carbonyl (C=O) groups excluding carboxylic acids is 2. The van der Waals surface area contributed by atoms with Crippen LogP contribution in [0, 0.1) is 11.3 Å². The molecule has 0 saturated carbocycles. The first kappa shape index (κ1) is 15.4. The number of hydrogen-bond donors (Lipinski definition) is 1. The minimum atomic E-state index is -0.652. The highest BCUT2D eigenvalue weighted by atomic mass is 16.5. The van der Waals surface area contributed by atoms with Crippen molar-refractivity contribution >= 4 is 11.9 Å². The van der Waals surface area contributed by atoms with Crippen LogP contribution in [0.25, 0.3) is 0 Å². The fourth-order valence-electron chi connectivity index (χ4n) is 1.99. The Kier molecular flexibility index (Phi) is 6.90. The van der Waals surface area contributed by atoms with E-state index in [1.807, 2.05) is 6.07 Å². The number of nitrogens with one attached hydrogen (secondary N) is 1. The molecule has 0 aromatic carbocycles. The van der Waals surface area contributed by atoms with E-state index < -0.39 is 18.1 Å². The maximum Gasteiger partial charge on any atom is 0.328 e. The molecule has 0 aromatic rings. The summed E-state index contributed by atoms with van der Waals surface area (Å²) < 4.78 is 9.94. The van der Waals surface area contributed by atoms with Crippen molar-refractivity contribution in [1.29, 1.82) is 5.26 Å². The molecule has 1 amide bonds. The molecule has 1 heterocycles. The standard InChI is InChI=1S/C13H20N2O4/c1-18-13(17)10(6-3-2-4-8-14)15-12(16)11-7-5-9-19-11/h10-11H,2-7,9H2,1H3,(H,15,16)/t10-,11-/m0/s1. The first-order valence-electron chi connectivity index (χ1n) is 6.55. The largest absolute Gasteiger partial charge is 0.467 e. The van der Waals surface area contributed by atoms with Gasteiger partial charge in [-0.05, 0) is 32.1 Å². The second-order valence-corrected chi connectivity index (χ2v) is 4.49. The summed E-state index contributed by atoms with van der Waals surface area (Å²) in [5.74, 6) is -0.712. The summed E-state index contributed by atoms with van der Waals surface area (Å²) >= 11 is 0. The van der Waals surface area contributed by atoms with Gasteiger partial charge < -0.3 is 14.8 Å². The Morgan fingerprint density at radius 3 is 2.89 bits per heavy atom. The number of unbranched alkanes of at least 4 members (excludes halogenated alkanes) is 2. The van der Waals surface area contributed by atoms with Gasteiger partial charge in [0.05, 0.1) is 13.2 Å². The second-order valence-electron chi connectivity index (χ2n) is 4.49. The summed E-state index contributed by atoms with van der Waals surface area (Å²) in [6.07, 6.45) is 3.43. The van der Waals surface area contributed by atoms with Gasteiger partial charge in [-0.15, -0.1) is 0 Å². The smallest absolute Gasteiger partial charge is 0.328 e. The first-order chi connectivity index (χ1) is 9.19. The summed E-state index contributed by atoms with van der Waals surface area (Å²) in [5.41, 5.74) is 0. The minimum absolute atomic E-state index is 0.256. The molecule has 6 nitrogen and oxygen atoms in total. The zero-order chi connectivity index (χ0) is 14.1. The molecule has 1 N–H and O–H groups in total. The lowest BCUT2D eigenvalue weighted by molar-refractivity contribution is -0.146. The second kappa shape index (κ2) is 8.48. The molecule has 1 fully saturated rings. The molecule has 6 heteroatoms. The van der Waals surface area contributed by atoms with Gasteiger partial charge in [-0.3, -0.25) is 4.79 Å². The van der Waals surface area contributed by atoms with Crippen molar-refractivity contribution in [3.05, 3.63) is 0 Å². The summed E-state index contributed by atoms with van der Waals surface area (Å²) in [4.78, 5) is 23.5. The van der Waals surface area contributed by atoms with Crippen LogP contribution in [-0.2, 0) is 19.1 Å². The van der Waals surface area contributed by atoms with E-state index in [-0.39, 0.29) is 5.91 Å². The Morgan fingerprint density at radius 1 is 1.53 bits per heavy atom. The molecule has 1 saturated heterocycles. The molecule has 0 aliphatic carbocycles. The Morgan fingerprint density at radius 2 is 2.32 bits per heavy atom. The van der Waals surface area contributed by atoms with Gasteiger partial charge in [0.25, 0.3) is 0 Å². The summed E-state index contributed by atoms with van der Waals surface area (Å²) in [5, 5.41) is 11.1. The van der Waals surface area contributed by atoms with E-state index in [0.29, 0.717) is 38.7 Å². The van der Waals surface area contributed by atoms with Crippen LogP contribution in [0.1, 0.15) is 38.5 Å². The molecule has 1 aliphatic heterocycles. The van der Waals surface area contributed by atoms with E-state index in [2.05, 4.69) is 10.1 Å². The average molecular weight is 268 g/mol. The Hall–Kier alpha value is -1.61. The van der Waals surface area contributed by atoms with Crippen LogP contribution in [0.3, 0.4) is 0 Å². The van der Waals surface area contributed by atoms with Gasteiger partial charge in [0.2, 0.25) is 5.91 Å². The molecule has 106 valence electrons. The van der Waals surface area contributed by atoms with Gasteiger partial charge in [0.1, 0.15) is 12.1 Å². The lowest BCUT2D eigenvalue weighted by atomic mass is 10.1. The van der Waals surface area contributed by atoms with Gasteiger partial charge in [-0.25, -0.2) is 4.79 Å². The minimum Gasteiger partial charge on any atom is -0.467 e. The van der Waals surface area contributed by atoms with Crippen LogP contribution in [0.5, 0.6) is 0 Å². The Labute approximate surface area is 113 Å². The van der Waals surface area contributed by atoms with Crippen molar-refractivity contribution in [3.8, 4) is 6.07 Å². The zero-order valence-electron chi connectivity index (χ0n) is 11.2. The molecule has 0 spiro atoms. The maximum atomic E-state index is 11.9. The third kappa shape index (κ3) is 5.26. The lowest BCUT2D eigenvalue weighted by Gasteiger charge is -2.18. The number of carbonyl (C=O) groups is 2. The van der Waals surface area contributed by atoms with Crippen molar-refractivity contribution in [1.82, 2.24) is 5.32 Å². The molecule has 0 unspecified atom stereocenters. The number of rotatable bonds is 7. The lowest BCUT2D eigenvalue weighted by Crippen LogP contribution is -2.45. The molecule has 0 radical (unpaired) electrons. The number of hydrogen-bond acceptors (Lipinski definition) is 5. The highest BCUT2D eigenvalue weighted by Gasteiger charge is 2.28. The van der Waals surface area contributed by atoms with Crippen molar-refractivity contribution in [2.24, 2.45) is 0 Å². The number of nitriles is 1.